The Morgan fingerprint density at radius 1 is 1.17 bits per heavy atom. The van der Waals surface area contributed by atoms with Gasteiger partial charge in [-0.15, -0.1) is 0 Å². The minimum absolute atomic E-state index is 0.520. The lowest BCUT2D eigenvalue weighted by molar-refractivity contribution is 0.907. The second kappa shape index (κ2) is 4.05. The minimum atomic E-state index is 0.520. The van der Waals surface area contributed by atoms with Gasteiger partial charge in [-0.05, 0) is 25.0 Å². The Morgan fingerprint density at radius 3 is 2.25 bits per heavy atom. The van der Waals surface area contributed by atoms with Gasteiger partial charge in [-0.25, -0.2) is 0 Å². The van der Waals surface area contributed by atoms with Crippen molar-refractivity contribution in [3.63, 3.8) is 0 Å². The molecule has 1 heteroatoms. The second-order valence-electron chi connectivity index (χ2n) is 3.36. The van der Waals surface area contributed by atoms with Crippen molar-refractivity contribution in [2.24, 2.45) is 10.9 Å². The first-order valence-electron chi connectivity index (χ1n) is 4.29. The summed E-state index contributed by atoms with van der Waals surface area (Å²) in [7, 11) is 0. The zero-order valence-corrected chi connectivity index (χ0v) is 7.91. The summed E-state index contributed by atoms with van der Waals surface area (Å²) >= 11 is 0. The van der Waals surface area contributed by atoms with Crippen molar-refractivity contribution < 1.29 is 0 Å². The van der Waals surface area contributed by atoms with Gasteiger partial charge in [0.2, 0.25) is 0 Å². The lowest BCUT2D eigenvalue weighted by atomic mass is 10.2. The summed E-state index contributed by atoms with van der Waals surface area (Å²) in [5.74, 6) is 0.520. The van der Waals surface area contributed by atoms with Crippen LogP contribution in [0.1, 0.15) is 19.4 Å². The van der Waals surface area contributed by atoms with Crippen LogP contribution in [-0.4, -0.2) is 6.21 Å². The Kier molecular flexibility index (Phi) is 3.03. The molecule has 1 aromatic carbocycles. The van der Waals surface area contributed by atoms with Crippen molar-refractivity contribution >= 4 is 11.9 Å². The number of aryl methyl sites for hydroxylation is 1. The van der Waals surface area contributed by atoms with E-state index in [1.807, 2.05) is 18.3 Å². The van der Waals surface area contributed by atoms with Crippen LogP contribution in [-0.2, 0) is 0 Å². The molecule has 0 N–H and O–H groups in total. The van der Waals surface area contributed by atoms with Crippen LogP contribution >= 0.6 is 0 Å². The topological polar surface area (TPSA) is 12.4 Å². The van der Waals surface area contributed by atoms with Crippen LogP contribution in [0, 0.1) is 12.8 Å². The van der Waals surface area contributed by atoms with Crippen molar-refractivity contribution in [3.8, 4) is 0 Å². The van der Waals surface area contributed by atoms with E-state index in [9.17, 15) is 0 Å². The number of benzene rings is 1. The smallest absolute Gasteiger partial charge is 0.0626 e. The molecule has 64 valence electrons. The molecule has 1 rings (SSSR count). The summed E-state index contributed by atoms with van der Waals surface area (Å²) in [6.45, 7) is 6.32. The molecule has 0 aliphatic carbocycles. The Hall–Kier alpha value is -1.11. The molecule has 0 bridgehead atoms. The molecule has 1 nitrogen and oxygen atoms in total. The fourth-order valence-corrected chi connectivity index (χ4v) is 0.866. The van der Waals surface area contributed by atoms with Crippen molar-refractivity contribution in [1.29, 1.82) is 0 Å². The molecule has 0 heterocycles. The quantitative estimate of drug-likeness (QED) is 0.590. The van der Waals surface area contributed by atoms with Crippen LogP contribution in [0.4, 0.5) is 5.69 Å². The van der Waals surface area contributed by atoms with Crippen LogP contribution in [0.2, 0.25) is 0 Å². The molecule has 12 heavy (non-hydrogen) atoms. The summed E-state index contributed by atoms with van der Waals surface area (Å²) in [5.41, 5.74) is 2.31. The lowest BCUT2D eigenvalue weighted by Crippen LogP contribution is -1.85. The summed E-state index contributed by atoms with van der Waals surface area (Å²) in [6, 6.07) is 8.22. The largest absolute Gasteiger partial charge is 0.261 e. The molecule has 0 atom stereocenters. The molecule has 0 amide bonds. The molecule has 0 fully saturated rings. The first-order valence-corrected chi connectivity index (χ1v) is 4.29. The van der Waals surface area contributed by atoms with Crippen molar-refractivity contribution in [1.82, 2.24) is 0 Å². The summed E-state index contributed by atoms with van der Waals surface area (Å²) in [6.07, 6.45) is 1.96. The number of hydrogen-bond donors (Lipinski definition) is 0. The summed E-state index contributed by atoms with van der Waals surface area (Å²) in [4.78, 5) is 4.32. The zero-order valence-electron chi connectivity index (χ0n) is 7.91. The summed E-state index contributed by atoms with van der Waals surface area (Å²) in [5, 5.41) is 0. The van der Waals surface area contributed by atoms with E-state index in [0.29, 0.717) is 5.92 Å². The first kappa shape index (κ1) is 8.98. The van der Waals surface area contributed by atoms with Gasteiger partial charge in [-0.1, -0.05) is 31.5 Å². The van der Waals surface area contributed by atoms with E-state index < -0.39 is 0 Å². The van der Waals surface area contributed by atoms with Gasteiger partial charge >= 0.3 is 0 Å². The summed E-state index contributed by atoms with van der Waals surface area (Å²) < 4.78 is 0. The lowest BCUT2D eigenvalue weighted by Gasteiger charge is -1.95. The van der Waals surface area contributed by atoms with E-state index >= 15 is 0 Å². The second-order valence-corrected chi connectivity index (χ2v) is 3.36. The molecule has 0 aliphatic rings. The van der Waals surface area contributed by atoms with Crippen LogP contribution in [0.5, 0.6) is 0 Å². The maximum Gasteiger partial charge on any atom is 0.0626 e. The molecule has 0 radical (unpaired) electrons. The average Bonchev–Trinajstić information content (AvgIpc) is 2.03. The highest BCUT2D eigenvalue weighted by molar-refractivity contribution is 5.64. The highest BCUT2D eigenvalue weighted by Gasteiger charge is 1.88. The predicted molar refractivity (Wildman–Crippen MR) is 54.2 cm³/mol. The molecule has 0 saturated carbocycles. The molecule has 0 saturated heterocycles. The molecule has 0 unspecified atom stereocenters. The third-order valence-electron chi connectivity index (χ3n) is 1.56. The molecule has 0 spiro atoms. The number of hydrogen-bond acceptors (Lipinski definition) is 1. The Labute approximate surface area is 74.2 Å². The van der Waals surface area contributed by atoms with Crippen molar-refractivity contribution in [2.75, 3.05) is 0 Å². The first-order chi connectivity index (χ1) is 5.68. The Bertz CT molecular complexity index is 257. The Morgan fingerprint density at radius 2 is 1.75 bits per heavy atom. The number of rotatable bonds is 2. The van der Waals surface area contributed by atoms with Crippen LogP contribution in [0.15, 0.2) is 29.3 Å². The van der Waals surface area contributed by atoms with E-state index in [1.54, 1.807) is 0 Å². The SMILES string of the molecule is Cc1ccc(/N=C/C(C)C)cc1. The van der Waals surface area contributed by atoms with Crippen molar-refractivity contribution in [3.05, 3.63) is 29.8 Å². The predicted octanol–water partition coefficient (Wildman–Crippen LogP) is 3.35. The van der Waals surface area contributed by atoms with E-state index in [-0.39, 0.29) is 0 Å². The minimum Gasteiger partial charge on any atom is -0.261 e. The van der Waals surface area contributed by atoms with Gasteiger partial charge in [0, 0.05) is 6.21 Å². The van der Waals surface area contributed by atoms with Gasteiger partial charge in [0.15, 0.2) is 0 Å². The molecule has 0 aromatic heterocycles. The van der Waals surface area contributed by atoms with E-state index in [4.69, 9.17) is 0 Å². The molecule has 0 aliphatic heterocycles. The highest BCUT2D eigenvalue weighted by Crippen LogP contribution is 2.11. The van der Waals surface area contributed by atoms with Crippen LogP contribution in [0.25, 0.3) is 0 Å². The number of nitrogens with zero attached hydrogens (tertiary/aromatic N) is 1. The fourth-order valence-electron chi connectivity index (χ4n) is 0.866. The van der Waals surface area contributed by atoms with E-state index in [2.05, 4.69) is 37.9 Å². The standard InChI is InChI=1S/C11H15N/c1-9(2)8-12-11-6-4-10(3)5-7-11/h4-9H,1-3H3/b12-8+. The van der Waals surface area contributed by atoms with E-state index in [1.165, 1.54) is 5.56 Å². The van der Waals surface area contributed by atoms with Crippen LogP contribution in [0.3, 0.4) is 0 Å². The van der Waals surface area contributed by atoms with E-state index in [0.717, 1.165) is 5.69 Å². The number of aliphatic imine (C=N–C) groups is 1. The van der Waals surface area contributed by atoms with Gasteiger partial charge in [-0.2, -0.15) is 0 Å². The maximum atomic E-state index is 4.32. The van der Waals surface area contributed by atoms with Crippen LogP contribution < -0.4 is 0 Å². The van der Waals surface area contributed by atoms with Gasteiger partial charge in [-0.3, -0.25) is 4.99 Å². The molecular formula is C11H15N. The van der Waals surface area contributed by atoms with Crippen molar-refractivity contribution in [2.45, 2.75) is 20.8 Å². The van der Waals surface area contributed by atoms with Gasteiger partial charge in [0.05, 0.1) is 5.69 Å². The van der Waals surface area contributed by atoms with Gasteiger partial charge < -0.3 is 0 Å². The third kappa shape index (κ3) is 2.87. The van der Waals surface area contributed by atoms with Gasteiger partial charge in [0.1, 0.15) is 0 Å². The normalized spacial score (nSPS) is 11.3. The molecule has 1 aromatic rings. The fraction of sp³-hybridized carbons (Fsp3) is 0.364. The Balaban J connectivity index is 2.71. The zero-order chi connectivity index (χ0) is 8.97. The maximum absolute atomic E-state index is 4.32. The molecular weight excluding hydrogens is 146 g/mol. The third-order valence-corrected chi connectivity index (χ3v) is 1.56. The monoisotopic (exact) mass is 161 g/mol. The highest BCUT2D eigenvalue weighted by atomic mass is 14.7. The average molecular weight is 161 g/mol. The van der Waals surface area contributed by atoms with Gasteiger partial charge in [0.25, 0.3) is 0 Å².